The predicted molar refractivity (Wildman–Crippen MR) is 62.5 cm³/mol. The summed E-state index contributed by atoms with van der Waals surface area (Å²) in [5.41, 5.74) is 8.69. The maximum absolute atomic E-state index is 6.14. The van der Waals surface area contributed by atoms with Gasteiger partial charge < -0.3 is 5.73 Å². The first-order valence-corrected chi connectivity index (χ1v) is 5.77. The van der Waals surface area contributed by atoms with Crippen LogP contribution in [0.15, 0.2) is 29.3 Å². The molecule has 0 atom stereocenters. The lowest BCUT2D eigenvalue weighted by atomic mass is 9.69. The highest BCUT2D eigenvalue weighted by molar-refractivity contribution is 5.99. The zero-order chi connectivity index (χ0) is 10.3. The number of para-hydroxylation sites is 1. The fraction of sp³-hybridized carbons (Fsp3) is 0.462. The van der Waals surface area contributed by atoms with Crippen molar-refractivity contribution < 1.29 is 0 Å². The lowest BCUT2D eigenvalue weighted by Gasteiger charge is -2.34. The minimum Gasteiger partial charge on any atom is -0.386 e. The van der Waals surface area contributed by atoms with Crippen molar-refractivity contribution in [3.63, 3.8) is 0 Å². The fourth-order valence-electron chi connectivity index (χ4n) is 3.03. The molecule has 0 bridgehead atoms. The van der Waals surface area contributed by atoms with Gasteiger partial charge in [0, 0.05) is 0 Å². The summed E-state index contributed by atoms with van der Waals surface area (Å²) >= 11 is 0. The summed E-state index contributed by atoms with van der Waals surface area (Å²) in [5, 5.41) is 0. The predicted octanol–water partition coefficient (Wildman–Crippen LogP) is 2.89. The molecule has 0 aromatic heterocycles. The Morgan fingerprint density at radius 1 is 1.07 bits per heavy atom. The molecule has 2 nitrogen and oxygen atoms in total. The Morgan fingerprint density at radius 3 is 2.60 bits per heavy atom. The van der Waals surface area contributed by atoms with Gasteiger partial charge in [0.05, 0.1) is 11.1 Å². The molecular formula is C13H16N2. The summed E-state index contributed by atoms with van der Waals surface area (Å²) in [6.45, 7) is 0. The first-order chi connectivity index (χ1) is 7.33. The molecule has 78 valence electrons. The van der Waals surface area contributed by atoms with Crippen LogP contribution >= 0.6 is 0 Å². The molecule has 1 fully saturated rings. The average molecular weight is 200 g/mol. The van der Waals surface area contributed by atoms with Crippen LogP contribution in [0.2, 0.25) is 0 Å². The van der Waals surface area contributed by atoms with Gasteiger partial charge in [0.25, 0.3) is 0 Å². The van der Waals surface area contributed by atoms with Gasteiger partial charge in [-0.1, -0.05) is 37.5 Å². The number of fused-ring (bicyclic) bond motifs is 2. The van der Waals surface area contributed by atoms with E-state index in [-0.39, 0.29) is 5.41 Å². The molecule has 1 saturated carbocycles. The molecule has 1 aromatic carbocycles. The van der Waals surface area contributed by atoms with Crippen molar-refractivity contribution in [1.82, 2.24) is 0 Å². The second-order valence-corrected chi connectivity index (χ2v) is 4.66. The van der Waals surface area contributed by atoms with E-state index in [0.29, 0.717) is 0 Å². The Hall–Kier alpha value is -1.31. The summed E-state index contributed by atoms with van der Waals surface area (Å²) in [6.07, 6.45) is 6.27. The summed E-state index contributed by atoms with van der Waals surface area (Å²) in [7, 11) is 0. The first-order valence-electron chi connectivity index (χ1n) is 5.77. The third-order valence-corrected chi connectivity index (χ3v) is 3.86. The van der Waals surface area contributed by atoms with Crippen LogP contribution in [0.1, 0.15) is 37.7 Å². The maximum atomic E-state index is 6.14. The summed E-state index contributed by atoms with van der Waals surface area (Å²) < 4.78 is 0. The monoisotopic (exact) mass is 200 g/mol. The minimum absolute atomic E-state index is 0.0921. The fourth-order valence-corrected chi connectivity index (χ4v) is 3.03. The second kappa shape index (κ2) is 3.09. The van der Waals surface area contributed by atoms with Crippen LogP contribution in [0.25, 0.3) is 0 Å². The Bertz CT molecular complexity index is 414. The van der Waals surface area contributed by atoms with Crippen LogP contribution in [-0.2, 0) is 5.41 Å². The third-order valence-electron chi connectivity index (χ3n) is 3.86. The molecule has 3 rings (SSSR count). The number of benzene rings is 1. The number of nitrogens with zero attached hydrogens (tertiary/aromatic N) is 1. The Kier molecular flexibility index (Phi) is 1.84. The van der Waals surface area contributed by atoms with Crippen LogP contribution in [0.5, 0.6) is 0 Å². The number of aliphatic imine (C=N–C) groups is 1. The summed E-state index contributed by atoms with van der Waals surface area (Å²) in [6, 6.07) is 8.41. The minimum atomic E-state index is 0.0921. The first kappa shape index (κ1) is 8.96. The van der Waals surface area contributed by atoms with E-state index >= 15 is 0 Å². The van der Waals surface area contributed by atoms with Crippen molar-refractivity contribution in [3.05, 3.63) is 29.8 Å². The highest BCUT2D eigenvalue weighted by Crippen LogP contribution is 2.47. The summed E-state index contributed by atoms with van der Waals surface area (Å²) in [4.78, 5) is 4.52. The van der Waals surface area contributed by atoms with Crippen molar-refractivity contribution in [2.45, 2.75) is 37.5 Å². The maximum Gasteiger partial charge on any atom is 0.110 e. The standard InChI is InChI=1S/C13H16N2/c14-12-13(8-4-1-5-9-13)10-6-2-3-7-11(10)15-12/h2-3,6-7H,1,4-5,8-9H2,(H2,14,15). The van der Waals surface area contributed by atoms with Crippen LogP contribution in [0.4, 0.5) is 5.69 Å². The van der Waals surface area contributed by atoms with Gasteiger partial charge >= 0.3 is 0 Å². The molecule has 1 aromatic rings. The molecular weight excluding hydrogens is 184 g/mol. The van der Waals surface area contributed by atoms with Crippen molar-refractivity contribution >= 4 is 11.5 Å². The molecule has 0 amide bonds. The second-order valence-electron chi connectivity index (χ2n) is 4.66. The van der Waals surface area contributed by atoms with Gasteiger partial charge in [0.2, 0.25) is 0 Å². The van der Waals surface area contributed by atoms with E-state index < -0.39 is 0 Å². The summed E-state index contributed by atoms with van der Waals surface area (Å²) in [5.74, 6) is 0.850. The quantitative estimate of drug-likeness (QED) is 0.687. The molecule has 2 aliphatic rings. The van der Waals surface area contributed by atoms with Crippen molar-refractivity contribution in [2.24, 2.45) is 10.7 Å². The lowest BCUT2D eigenvalue weighted by Crippen LogP contribution is -2.40. The highest BCUT2D eigenvalue weighted by Gasteiger charge is 2.42. The smallest absolute Gasteiger partial charge is 0.110 e. The van der Waals surface area contributed by atoms with E-state index in [9.17, 15) is 0 Å². The molecule has 0 unspecified atom stereocenters. The van der Waals surface area contributed by atoms with Gasteiger partial charge in [-0.05, 0) is 24.5 Å². The largest absolute Gasteiger partial charge is 0.386 e. The van der Waals surface area contributed by atoms with Gasteiger partial charge in [-0.3, -0.25) is 0 Å². The van der Waals surface area contributed by atoms with E-state index in [1.165, 1.54) is 37.7 Å². The van der Waals surface area contributed by atoms with Gasteiger partial charge in [0.15, 0.2) is 0 Å². The molecule has 1 aliphatic heterocycles. The Morgan fingerprint density at radius 2 is 1.80 bits per heavy atom. The van der Waals surface area contributed by atoms with E-state index in [0.717, 1.165) is 11.5 Å². The van der Waals surface area contributed by atoms with Crippen molar-refractivity contribution in [1.29, 1.82) is 0 Å². The lowest BCUT2D eigenvalue weighted by molar-refractivity contribution is 0.383. The Balaban J connectivity index is 2.13. The molecule has 1 heterocycles. The van der Waals surface area contributed by atoms with Crippen LogP contribution < -0.4 is 5.73 Å². The van der Waals surface area contributed by atoms with Crippen LogP contribution in [0.3, 0.4) is 0 Å². The zero-order valence-electron chi connectivity index (χ0n) is 8.87. The number of hydrogen-bond acceptors (Lipinski definition) is 2. The van der Waals surface area contributed by atoms with E-state index in [4.69, 9.17) is 5.73 Å². The highest BCUT2D eigenvalue weighted by atomic mass is 14.9. The molecule has 0 radical (unpaired) electrons. The average Bonchev–Trinajstić information content (AvgIpc) is 2.55. The number of nitrogens with two attached hydrogens (primary N) is 1. The molecule has 1 aliphatic carbocycles. The Labute approximate surface area is 90.2 Å². The molecule has 0 saturated heterocycles. The third kappa shape index (κ3) is 1.14. The van der Waals surface area contributed by atoms with Crippen LogP contribution in [-0.4, -0.2) is 5.84 Å². The normalized spacial score (nSPS) is 22.5. The van der Waals surface area contributed by atoms with Crippen molar-refractivity contribution in [2.75, 3.05) is 0 Å². The number of rotatable bonds is 0. The van der Waals surface area contributed by atoms with Gasteiger partial charge in [0.1, 0.15) is 5.84 Å². The van der Waals surface area contributed by atoms with Gasteiger partial charge in [-0.15, -0.1) is 0 Å². The van der Waals surface area contributed by atoms with Gasteiger partial charge in [-0.25, -0.2) is 4.99 Å². The number of hydrogen-bond donors (Lipinski definition) is 1. The molecule has 2 N–H and O–H groups in total. The van der Waals surface area contributed by atoms with E-state index in [1.54, 1.807) is 0 Å². The number of amidine groups is 1. The molecule has 15 heavy (non-hydrogen) atoms. The van der Waals surface area contributed by atoms with Crippen molar-refractivity contribution in [3.8, 4) is 0 Å². The van der Waals surface area contributed by atoms with Gasteiger partial charge in [-0.2, -0.15) is 0 Å². The SMILES string of the molecule is NC1=Nc2ccccc2C12CCCCC2. The molecule has 1 spiro atoms. The van der Waals surface area contributed by atoms with E-state index in [1.807, 2.05) is 6.07 Å². The van der Waals surface area contributed by atoms with Crippen LogP contribution in [0, 0.1) is 0 Å². The zero-order valence-corrected chi connectivity index (χ0v) is 8.87. The topological polar surface area (TPSA) is 38.4 Å². The van der Waals surface area contributed by atoms with E-state index in [2.05, 4.69) is 23.2 Å². The molecule has 2 heteroatoms.